The van der Waals surface area contributed by atoms with E-state index in [1.54, 1.807) is 25.1 Å². The Morgan fingerprint density at radius 1 is 1.14 bits per heavy atom. The number of carbonyl (C=O) groups is 1. The molecule has 0 aliphatic heterocycles. The van der Waals surface area contributed by atoms with Gasteiger partial charge in [-0.05, 0) is 24.6 Å². The van der Waals surface area contributed by atoms with Crippen LogP contribution in [0.25, 0.3) is 22.6 Å². The number of aromatic amines is 1. The Morgan fingerprint density at radius 3 is 2.75 bits per heavy atom. The molecule has 7 nitrogen and oxygen atoms in total. The van der Waals surface area contributed by atoms with Gasteiger partial charge >= 0.3 is 5.97 Å². The number of esters is 1. The molecule has 0 atom stereocenters. The third-order valence-corrected chi connectivity index (χ3v) is 4.09. The Bertz CT molecular complexity index is 1120. The number of halogens is 1. The molecule has 8 heteroatoms. The van der Waals surface area contributed by atoms with Crippen molar-refractivity contribution in [2.45, 2.75) is 13.5 Å². The van der Waals surface area contributed by atoms with Gasteiger partial charge in [-0.1, -0.05) is 47.6 Å². The van der Waals surface area contributed by atoms with Gasteiger partial charge in [-0.3, -0.25) is 5.10 Å². The predicted molar refractivity (Wildman–Crippen MR) is 97.6 cm³/mol. The third kappa shape index (κ3) is 3.66. The van der Waals surface area contributed by atoms with Gasteiger partial charge in [0.15, 0.2) is 6.61 Å². The molecule has 2 aromatic carbocycles. The molecule has 0 aliphatic rings. The first-order valence-electron chi connectivity index (χ1n) is 8.47. The van der Waals surface area contributed by atoms with Crippen LogP contribution in [0.15, 0.2) is 59.1 Å². The van der Waals surface area contributed by atoms with Gasteiger partial charge in [0.25, 0.3) is 5.89 Å². The van der Waals surface area contributed by atoms with Gasteiger partial charge in [-0.25, -0.2) is 9.18 Å². The summed E-state index contributed by atoms with van der Waals surface area (Å²) in [5, 5.41) is 10.5. The summed E-state index contributed by atoms with van der Waals surface area (Å²) in [6.45, 7) is 1.46. The van der Waals surface area contributed by atoms with Crippen molar-refractivity contribution in [2.24, 2.45) is 0 Å². The van der Waals surface area contributed by atoms with E-state index in [2.05, 4.69) is 20.3 Å². The van der Waals surface area contributed by atoms with E-state index in [1.807, 2.05) is 30.3 Å². The largest absolute Gasteiger partial charge is 0.451 e. The second-order valence-electron chi connectivity index (χ2n) is 6.08. The van der Waals surface area contributed by atoms with Gasteiger partial charge < -0.3 is 9.26 Å². The highest BCUT2D eigenvalue weighted by atomic mass is 19.1. The molecule has 0 saturated carbocycles. The summed E-state index contributed by atoms with van der Waals surface area (Å²) in [6.07, 6.45) is 0. The Hall–Kier alpha value is -3.81. The Kier molecular flexibility index (Phi) is 4.67. The summed E-state index contributed by atoms with van der Waals surface area (Å²) in [4.78, 5) is 16.3. The van der Waals surface area contributed by atoms with Gasteiger partial charge in [-0.2, -0.15) is 10.1 Å². The second-order valence-corrected chi connectivity index (χ2v) is 6.08. The molecule has 4 rings (SSSR count). The van der Waals surface area contributed by atoms with Crippen molar-refractivity contribution in [3.8, 4) is 22.6 Å². The highest BCUT2D eigenvalue weighted by Gasteiger charge is 2.15. The highest BCUT2D eigenvalue weighted by Crippen LogP contribution is 2.20. The summed E-state index contributed by atoms with van der Waals surface area (Å²) in [5.41, 5.74) is 2.72. The number of carbonyl (C=O) groups excluding carboxylic acids is 1. The number of nitrogens with zero attached hydrogens (tertiary/aromatic N) is 3. The van der Waals surface area contributed by atoms with Gasteiger partial charge in [0.2, 0.25) is 5.82 Å². The summed E-state index contributed by atoms with van der Waals surface area (Å²) in [5.74, 6) is -0.635. The molecule has 140 valence electrons. The van der Waals surface area contributed by atoms with E-state index in [0.717, 1.165) is 5.56 Å². The summed E-state index contributed by atoms with van der Waals surface area (Å²) in [6, 6.07) is 15.7. The monoisotopic (exact) mass is 378 g/mol. The molecular weight excluding hydrogens is 363 g/mol. The molecule has 0 radical (unpaired) electrons. The SMILES string of the molecule is Cc1ccc(-c2noc(COC(=O)c3cc(-c4ccccc4)n[nH]3)n2)cc1F. The van der Waals surface area contributed by atoms with E-state index in [0.29, 0.717) is 16.8 Å². The van der Waals surface area contributed by atoms with Crippen LogP contribution in [0, 0.1) is 12.7 Å². The predicted octanol–water partition coefficient (Wildman–Crippen LogP) is 3.93. The van der Waals surface area contributed by atoms with Crippen LogP contribution in [-0.2, 0) is 11.3 Å². The van der Waals surface area contributed by atoms with E-state index < -0.39 is 5.97 Å². The van der Waals surface area contributed by atoms with Crippen LogP contribution in [0.3, 0.4) is 0 Å². The van der Waals surface area contributed by atoms with Crippen molar-refractivity contribution in [1.29, 1.82) is 0 Å². The zero-order valence-corrected chi connectivity index (χ0v) is 14.8. The molecule has 0 fully saturated rings. The summed E-state index contributed by atoms with van der Waals surface area (Å²) < 4.78 is 23.9. The molecule has 0 bridgehead atoms. The van der Waals surface area contributed by atoms with Crippen molar-refractivity contribution in [1.82, 2.24) is 20.3 Å². The molecule has 0 unspecified atom stereocenters. The number of nitrogens with one attached hydrogen (secondary N) is 1. The van der Waals surface area contributed by atoms with Crippen LogP contribution in [0.1, 0.15) is 21.9 Å². The normalized spacial score (nSPS) is 10.8. The maximum absolute atomic E-state index is 13.7. The lowest BCUT2D eigenvalue weighted by Crippen LogP contribution is -2.05. The zero-order valence-electron chi connectivity index (χ0n) is 14.8. The lowest BCUT2D eigenvalue weighted by Gasteiger charge is -1.99. The van der Waals surface area contributed by atoms with Crippen molar-refractivity contribution in [3.63, 3.8) is 0 Å². The Labute approximate surface area is 159 Å². The van der Waals surface area contributed by atoms with Crippen LogP contribution in [-0.4, -0.2) is 26.3 Å². The minimum absolute atomic E-state index is 0.104. The highest BCUT2D eigenvalue weighted by molar-refractivity contribution is 5.88. The first-order valence-corrected chi connectivity index (χ1v) is 8.47. The first kappa shape index (κ1) is 17.6. The second kappa shape index (κ2) is 7.43. The minimum atomic E-state index is -0.601. The van der Waals surface area contributed by atoms with Gasteiger partial charge in [0.1, 0.15) is 11.5 Å². The molecule has 0 saturated heterocycles. The van der Waals surface area contributed by atoms with Crippen molar-refractivity contribution < 1.29 is 18.4 Å². The molecular formula is C20H15FN4O3. The standard InChI is InChI=1S/C20H15FN4O3/c1-12-7-8-14(9-15(12)21)19-22-18(28-25-19)11-27-20(26)17-10-16(23-24-17)13-5-3-2-4-6-13/h2-10H,11H2,1H3,(H,23,24). The average Bonchev–Trinajstić information content (AvgIpc) is 3.39. The molecule has 0 aliphatic carbocycles. The van der Waals surface area contributed by atoms with E-state index >= 15 is 0 Å². The van der Waals surface area contributed by atoms with Gasteiger partial charge in [0.05, 0.1) is 5.69 Å². The molecule has 28 heavy (non-hydrogen) atoms. The molecule has 2 heterocycles. The maximum Gasteiger partial charge on any atom is 0.356 e. The van der Waals surface area contributed by atoms with Crippen LogP contribution >= 0.6 is 0 Å². The van der Waals surface area contributed by atoms with Crippen LogP contribution in [0.2, 0.25) is 0 Å². The van der Waals surface area contributed by atoms with Gasteiger partial charge in [-0.15, -0.1) is 0 Å². The fourth-order valence-corrected chi connectivity index (χ4v) is 2.55. The number of benzene rings is 2. The minimum Gasteiger partial charge on any atom is -0.451 e. The zero-order chi connectivity index (χ0) is 19.5. The average molecular weight is 378 g/mol. The van der Waals surface area contributed by atoms with E-state index in [1.165, 1.54) is 6.07 Å². The smallest absolute Gasteiger partial charge is 0.356 e. The Morgan fingerprint density at radius 2 is 1.96 bits per heavy atom. The van der Waals surface area contributed by atoms with Crippen LogP contribution < -0.4 is 0 Å². The topological polar surface area (TPSA) is 93.9 Å². The summed E-state index contributed by atoms with van der Waals surface area (Å²) >= 11 is 0. The van der Waals surface area contributed by atoms with Gasteiger partial charge in [0, 0.05) is 11.1 Å². The number of ether oxygens (including phenoxy) is 1. The maximum atomic E-state index is 13.7. The fourth-order valence-electron chi connectivity index (χ4n) is 2.55. The van der Waals surface area contributed by atoms with Crippen LogP contribution in [0.5, 0.6) is 0 Å². The molecule has 1 N–H and O–H groups in total. The number of aryl methyl sites for hydroxylation is 1. The van der Waals surface area contributed by atoms with E-state index in [9.17, 15) is 9.18 Å². The fraction of sp³-hybridized carbons (Fsp3) is 0.100. The quantitative estimate of drug-likeness (QED) is 0.529. The third-order valence-electron chi connectivity index (χ3n) is 4.09. The van der Waals surface area contributed by atoms with Crippen molar-refractivity contribution in [3.05, 3.63) is 77.6 Å². The molecule has 0 spiro atoms. The van der Waals surface area contributed by atoms with Crippen LogP contribution in [0.4, 0.5) is 4.39 Å². The van der Waals surface area contributed by atoms with E-state index in [-0.39, 0.29) is 29.8 Å². The number of rotatable bonds is 5. The lowest BCUT2D eigenvalue weighted by molar-refractivity contribution is 0.0423. The number of hydrogen-bond donors (Lipinski definition) is 1. The van der Waals surface area contributed by atoms with Crippen molar-refractivity contribution in [2.75, 3.05) is 0 Å². The van der Waals surface area contributed by atoms with E-state index in [4.69, 9.17) is 9.26 Å². The van der Waals surface area contributed by atoms with Crippen molar-refractivity contribution >= 4 is 5.97 Å². The number of H-pyrrole nitrogens is 1. The number of hydrogen-bond acceptors (Lipinski definition) is 6. The molecule has 0 amide bonds. The lowest BCUT2D eigenvalue weighted by atomic mass is 10.1. The Balaban J connectivity index is 1.41. The number of aromatic nitrogens is 4. The molecule has 4 aromatic rings. The molecule has 2 aromatic heterocycles. The first-order chi connectivity index (χ1) is 13.6. The summed E-state index contributed by atoms with van der Waals surface area (Å²) in [7, 11) is 0.